The summed E-state index contributed by atoms with van der Waals surface area (Å²) in [5, 5.41) is 2.76. The van der Waals surface area contributed by atoms with Crippen molar-refractivity contribution >= 4 is 25.6 Å². The molecular formula is C14H18ClNO4S. The van der Waals surface area contributed by atoms with Gasteiger partial charge in [0, 0.05) is 36.0 Å². The van der Waals surface area contributed by atoms with Gasteiger partial charge in [0.05, 0.1) is 4.90 Å². The molecule has 0 spiro atoms. The van der Waals surface area contributed by atoms with Gasteiger partial charge in [0.15, 0.2) is 0 Å². The van der Waals surface area contributed by atoms with Crippen LogP contribution in [-0.2, 0) is 13.8 Å². The normalized spacial score (nSPS) is 14.9. The standard InChI is InChI=1S/C14H18ClNO4S/c15-21(18,19)13-6-4-12(5-7-13)14(17)16-8-1-9-20-10-11-2-3-11/h4-7,11H,1-3,8-10H2,(H,16,17). The molecule has 0 unspecified atom stereocenters. The number of amides is 1. The van der Waals surface area contributed by atoms with Crippen LogP contribution in [0.3, 0.4) is 0 Å². The quantitative estimate of drug-likeness (QED) is 0.585. The predicted molar refractivity (Wildman–Crippen MR) is 80.0 cm³/mol. The van der Waals surface area contributed by atoms with Crippen LogP contribution in [-0.4, -0.2) is 34.1 Å². The van der Waals surface area contributed by atoms with E-state index in [1.165, 1.54) is 37.1 Å². The second-order valence-corrected chi connectivity index (χ2v) is 7.66. The van der Waals surface area contributed by atoms with Crippen molar-refractivity contribution in [3.05, 3.63) is 29.8 Å². The maximum absolute atomic E-state index is 11.8. The predicted octanol–water partition coefficient (Wildman–Crippen LogP) is 2.16. The van der Waals surface area contributed by atoms with Gasteiger partial charge in [-0.3, -0.25) is 4.79 Å². The minimum Gasteiger partial charge on any atom is -0.381 e. The molecule has 1 aliphatic rings. The number of carbonyl (C=O) groups is 1. The highest BCUT2D eigenvalue weighted by atomic mass is 35.7. The number of carbonyl (C=O) groups excluding carboxylic acids is 1. The smallest absolute Gasteiger partial charge is 0.261 e. The minimum atomic E-state index is -3.75. The molecule has 1 fully saturated rings. The maximum Gasteiger partial charge on any atom is 0.261 e. The van der Waals surface area contributed by atoms with Gasteiger partial charge in [-0.1, -0.05) is 0 Å². The monoisotopic (exact) mass is 331 g/mol. The summed E-state index contributed by atoms with van der Waals surface area (Å²) in [6.45, 7) is 1.99. The Kier molecular flexibility index (Phi) is 5.61. The van der Waals surface area contributed by atoms with E-state index in [0.717, 1.165) is 18.9 Å². The number of hydrogen-bond donors (Lipinski definition) is 1. The number of halogens is 1. The molecule has 1 amide bonds. The molecule has 21 heavy (non-hydrogen) atoms. The first-order valence-corrected chi connectivity index (χ1v) is 9.18. The summed E-state index contributed by atoms with van der Waals surface area (Å²) in [6.07, 6.45) is 3.29. The highest BCUT2D eigenvalue weighted by Crippen LogP contribution is 2.28. The zero-order valence-corrected chi connectivity index (χ0v) is 13.1. The first-order chi connectivity index (χ1) is 9.97. The van der Waals surface area contributed by atoms with Crippen molar-refractivity contribution in [2.75, 3.05) is 19.8 Å². The number of benzene rings is 1. The molecular weight excluding hydrogens is 314 g/mol. The Labute approximate surface area is 129 Å². The van der Waals surface area contributed by atoms with Crippen LogP contribution in [0.4, 0.5) is 0 Å². The third-order valence-corrected chi connectivity index (χ3v) is 4.57. The summed E-state index contributed by atoms with van der Waals surface area (Å²) in [5.41, 5.74) is 0.401. The van der Waals surface area contributed by atoms with Crippen LogP contribution in [0, 0.1) is 5.92 Å². The molecule has 1 aliphatic carbocycles. The van der Waals surface area contributed by atoms with E-state index < -0.39 is 9.05 Å². The van der Waals surface area contributed by atoms with E-state index in [4.69, 9.17) is 15.4 Å². The van der Waals surface area contributed by atoms with Crippen LogP contribution in [0.15, 0.2) is 29.2 Å². The average Bonchev–Trinajstić information content (AvgIpc) is 3.26. The Hall–Kier alpha value is -1.11. The lowest BCUT2D eigenvalue weighted by molar-refractivity contribution is 0.0937. The largest absolute Gasteiger partial charge is 0.381 e. The molecule has 0 saturated heterocycles. The fourth-order valence-corrected chi connectivity index (χ4v) is 2.55. The lowest BCUT2D eigenvalue weighted by atomic mass is 10.2. The van der Waals surface area contributed by atoms with Gasteiger partial charge in [0.2, 0.25) is 0 Å². The molecule has 0 atom stereocenters. The lowest BCUT2D eigenvalue weighted by Gasteiger charge is -2.06. The fourth-order valence-electron chi connectivity index (χ4n) is 1.78. The number of rotatable bonds is 8. The molecule has 2 rings (SSSR count). The maximum atomic E-state index is 11.8. The zero-order chi connectivity index (χ0) is 15.3. The van der Waals surface area contributed by atoms with E-state index in [-0.39, 0.29) is 10.8 Å². The Balaban J connectivity index is 1.69. The third kappa shape index (κ3) is 5.65. The Morgan fingerprint density at radius 1 is 1.29 bits per heavy atom. The van der Waals surface area contributed by atoms with Crippen LogP contribution in [0.25, 0.3) is 0 Å². The van der Waals surface area contributed by atoms with E-state index in [1.807, 2.05) is 0 Å². The summed E-state index contributed by atoms with van der Waals surface area (Å²) >= 11 is 0. The molecule has 1 aromatic rings. The molecule has 0 radical (unpaired) electrons. The molecule has 1 N–H and O–H groups in total. The van der Waals surface area contributed by atoms with E-state index in [1.54, 1.807) is 0 Å². The van der Waals surface area contributed by atoms with Crippen LogP contribution >= 0.6 is 10.7 Å². The van der Waals surface area contributed by atoms with E-state index in [9.17, 15) is 13.2 Å². The molecule has 0 aromatic heterocycles. The summed E-state index contributed by atoms with van der Waals surface area (Å²) in [6, 6.07) is 5.51. The fraction of sp³-hybridized carbons (Fsp3) is 0.500. The average molecular weight is 332 g/mol. The van der Waals surface area contributed by atoms with Crippen molar-refractivity contribution in [2.24, 2.45) is 5.92 Å². The molecule has 116 valence electrons. The van der Waals surface area contributed by atoms with Gasteiger partial charge in [0.25, 0.3) is 15.0 Å². The highest BCUT2D eigenvalue weighted by Gasteiger charge is 2.20. The Bertz CT molecular complexity index is 581. The Morgan fingerprint density at radius 3 is 2.52 bits per heavy atom. The Morgan fingerprint density at radius 2 is 1.95 bits per heavy atom. The summed E-state index contributed by atoms with van der Waals surface area (Å²) < 4.78 is 27.6. The van der Waals surface area contributed by atoms with Gasteiger partial charge in [-0.25, -0.2) is 8.42 Å². The van der Waals surface area contributed by atoms with E-state index >= 15 is 0 Å². The number of ether oxygens (including phenoxy) is 1. The first kappa shape index (κ1) is 16.3. The SMILES string of the molecule is O=C(NCCCOCC1CC1)c1ccc(S(=O)(=O)Cl)cc1. The van der Waals surface area contributed by atoms with Gasteiger partial charge in [0.1, 0.15) is 0 Å². The zero-order valence-electron chi connectivity index (χ0n) is 11.5. The molecule has 1 saturated carbocycles. The molecule has 7 heteroatoms. The molecule has 0 heterocycles. The molecule has 5 nitrogen and oxygen atoms in total. The van der Waals surface area contributed by atoms with Gasteiger partial charge >= 0.3 is 0 Å². The minimum absolute atomic E-state index is 0.0193. The van der Waals surface area contributed by atoms with Crippen LogP contribution < -0.4 is 5.32 Å². The number of nitrogens with one attached hydrogen (secondary N) is 1. The second kappa shape index (κ2) is 7.24. The topological polar surface area (TPSA) is 72.5 Å². The third-order valence-electron chi connectivity index (χ3n) is 3.20. The van der Waals surface area contributed by atoms with Crippen molar-refractivity contribution in [3.8, 4) is 0 Å². The van der Waals surface area contributed by atoms with Crippen molar-refractivity contribution in [3.63, 3.8) is 0 Å². The van der Waals surface area contributed by atoms with Crippen molar-refractivity contribution in [1.29, 1.82) is 0 Å². The lowest BCUT2D eigenvalue weighted by Crippen LogP contribution is -2.25. The molecule has 1 aromatic carbocycles. The van der Waals surface area contributed by atoms with Gasteiger partial charge in [-0.15, -0.1) is 0 Å². The van der Waals surface area contributed by atoms with Gasteiger partial charge < -0.3 is 10.1 Å². The van der Waals surface area contributed by atoms with Gasteiger partial charge in [-0.05, 0) is 49.4 Å². The van der Waals surface area contributed by atoms with E-state index in [2.05, 4.69) is 5.32 Å². The number of hydrogen-bond acceptors (Lipinski definition) is 4. The first-order valence-electron chi connectivity index (χ1n) is 6.87. The van der Waals surface area contributed by atoms with Crippen molar-refractivity contribution < 1.29 is 17.9 Å². The summed E-state index contributed by atoms with van der Waals surface area (Å²) in [7, 11) is 1.46. The summed E-state index contributed by atoms with van der Waals surface area (Å²) in [5.74, 6) is 0.507. The second-order valence-electron chi connectivity index (χ2n) is 5.09. The van der Waals surface area contributed by atoms with Crippen molar-refractivity contribution in [1.82, 2.24) is 5.32 Å². The van der Waals surface area contributed by atoms with Crippen LogP contribution in [0.5, 0.6) is 0 Å². The van der Waals surface area contributed by atoms with Crippen LogP contribution in [0.1, 0.15) is 29.6 Å². The van der Waals surface area contributed by atoms with Crippen LogP contribution in [0.2, 0.25) is 0 Å². The molecule has 0 aliphatic heterocycles. The summed E-state index contributed by atoms with van der Waals surface area (Å²) in [4.78, 5) is 11.8. The highest BCUT2D eigenvalue weighted by molar-refractivity contribution is 8.13. The molecule has 0 bridgehead atoms. The van der Waals surface area contributed by atoms with Crippen molar-refractivity contribution in [2.45, 2.75) is 24.2 Å². The van der Waals surface area contributed by atoms with Gasteiger partial charge in [-0.2, -0.15) is 0 Å². The van der Waals surface area contributed by atoms with E-state index in [0.29, 0.717) is 18.7 Å².